The molecule has 0 amide bonds. The molecule has 1 aliphatic rings. The molecule has 1 aliphatic carbocycles. The Morgan fingerprint density at radius 3 is 2.06 bits per heavy atom. The van der Waals surface area contributed by atoms with Crippen LogP contribution in [-0.4, -0.2) is 34.2 Å². The van der Waals surface area contributed by atoms with Crippen molar-refractivity contribution in [2.24, 2.45) is 0 Å². The predicted molar refractivity (Wildman–Crippen MR) is 145 cm³/mol. The second-order valence-electron chi connectivity index (χ2n) is 10.1. The fraction of sp³-hybridized carbons (Fsp3) is 0.143. The van der Waals surface area contributed by atoms with E-state index in [9.17, 15) is 9.59 Å². The van der Waals surface area contributed by atoms with Crippen molar-refractivity contribution in [3.8, 4) is 10.6 Å². The number of fused-ring (bicyclic) bond motifs is 3. The van der Waals surface area contributed by atoms with Gasteiger partial charge in [0.25, 0.3) is 0 Å². The van der Waals surface area contributed by atoms with E-state index >= 15 is 0 Å². The number of carbonyl (C=O) groups is 2. The van der Waals surface area contributed by atoms with Gasteiger partial charge in [-0.15, -0.1) is 0 Å². The quantitative estimate of drug-likeness (QED) is 0.160. The number of nitrogens with zero attached hydrogens (tertiary/aromatic N) is 3. The Labute approximate surface area is 207 Å². The maximum absolute atomic E-state index is 13.3. The molecule has 0 saturated carbocycles. The van der Waals surface area contributed by atoms with Crippen LogP contribution >= 0.6 is 11.3 Å². The number of thiazole rings is 1. The molecule has 0 spiro atoms. The largest absolute Gasteiger partial charge is 0.311 e. The molecule has 6 rings (SSSR count). The molecule has 35 heavy (non-hydrogen) atoms. The van der Waals surface area contributed by atoms with Crippen molar-refractivity contribution in [3.05, 3.63) is 89.3 Å². The van der Waals surface area contributed by atoms with E-state index in [2.05, 4.69) is 24.2 Å². The molecule has 0 bridgehead atoms. The van der Waals surface area contributed by atoms with Gasteiger partial charge in [-0.2, -0.15) is 0 Å². The van der Waals surface area contributed by atoms with E-state index in [1.165, 1.54) is 11.3 Å². The van der Waals surface area contributed by atoms with Crippen molar-refractivity contribution < 1.29 is 9.59 Å². The van der Waals surface area contributed by atoms with E-state index < -0.39 is 8.07 Å². The summed E-state index contributed by atoms with van der Waals surface area (Å²) in [5.41, 5.74) is 2.97. The third-order valence-corrected chi connectivity index (χ3v) is 8.38. The van der Waals surface area contributed by atoms with E-state index in [4.69, 9.17) is 9.97 Å². The van der Waals surface area contributed by atoms with E-state index in [1.807, 2.05) is 66.7 Å². The first-order valence-electron chi connectivity index (χ1n) is 11.5. The molecule has 0 aliphatic heterocycles. The summed E-state index contributed by atoms with van der Waals surface area (Å²) >= 11 is 1.53. The Kier molecular flexibility index (Phi) is 4.95. The smallest absolute Gasteiger partial charge is 0.197 e. The number of rotatable bonds is 4. The van der Waals surface area contributed by atoms with Gasteiger partial charge in [-0.25, -0.2) is 9.97 Å². The molecule has 3 aromatic carbocycles. The highest BCUT2D eigenvalue weighted by atomic mass is 32.1. The van der Waals surface area contributed by atoms with Gasteiger partial charge in [0.05, 0.1) is 13.6 Å². The van der Waals surface area contributed by atoms with Crippen molar-refractivity contribution in [2.75, 3.05) is 0 Å². The Balaban J connectivity index is 1.48. The number of hydrogen-bond donors (Lipinski definition) is 0. The zero-order valence-corrected chi connectivity index (χ0v) is 21.5. The summed E-state index contributed by atoms with van der Waals surface area (Å²) in [7, 11) is -1.58. The van der Waals surface area contributed by atoms with Crippen molar-refractivity contribution in [1.82, 2.24) is 14.5 Å². The average molecular weight is 494 g/mol. The zero-order chi connectivity index (χ0) is 24.3. The molecule has 0 radical (unpaired) electrons. The third kappa shape index (κ3) is 3.77. The minimum Gasteiger partial charge on any atom is -0.311 e. The van der Waals surface area contributed by atoms with E-state index in [0.29, 0.717) is 17.0 Å². The van der Waals surface area contributed by atoms with Crippen LogP contribution in [0.25, 0.3) is 37.9 Å². The second kappa shape index (κ2) is 7.93. The molecular formula is C28H23N3O2SSi. The number of ketones is 2. The Hall–Kier alpha value is -3.68. The molecule has 172 valence electrons. The van der Waals surface area contributed by atoms with Gasteiger partial charge in [-0.1, -0.05) is 85.6 Å². The molecule has 0 N–H and O–H groups in total. The summed E-state index contributed by atoms with van der Waals surface area (Å²) in [4.78, 5) is 37.2. The Morgan fingerprint density at radius 2 is 1.46 bits per heavy atom. The van der Waals surface area contributed by atoms with Crippen LogP contribution in [0.4, 0.5) is 0 Å². The third-order valence-electron chi connectivity index (χ3n) is 6.13. The SMILES string of the molecule is C[Si](C)(C)Cn1c(C=C2C(=O)c3cc4ccccc4cc3C2=O)nc2sc(-c3ccccc3)nc21. The number of allylic oxidation sites excluding steroid dienone is 1. The lowest BCUT2D eigenvalue weighted by Gasteiger charge is -2.18. The first-order chi connectivity index (χ1) is 16.8. The fourth-order valence-electron chi connectivity index (χ4n) is 4.54. The number of carbonyl (C=O) groups excluding carboxylic acids is 2. The lowest BCUT2D eigenvalue weighted by Crippen LogP contribution is -2.28. The maximum atomic E-state index is 13.3. The number of imidazole rings is 1. The van der Waals surface area contributed by atoms with Gasteiger partial charge in [0.15, 0.2) is 22.0 Å². The molecule has 0 fully saturated rings. The van der Waals surface area contributed by atoms with Gasteiger partial charge in [0, 0.05) is 22.9 Å². The second-order valence-corrected chi connectivity index (χ2v) is 16.5. The Bertz CT molecular complexity index is 1630. The van der Waals surface area contributed by atoms with Crippen LogP contribution in [0.3, 0.4) is 0 Å². The van der Waals surface area contributed by atoms with Crippen LogP contribution in [0.2, 0.25) is 19.6 Å². The van der Waals surface area contributed by atoms with Gasteiger partial charge < -0.3 is 4.57 Å². The molecule has 5 nitrogen and oxygen atoms in total. The zero-order valence-electron chi connectivity index (χ0n) is 19.7. The molecule has 0 unspecified atom stereocenters. The number of hydrogen-bond acceptors (Lipinski definition) is 5. The van der Waals surface area contributed by atoms with Crippen LogP contribution in [0.1, 0.15) is 26.5 Å². The van der Waals surface area contributed by atoms with Crippen LogP contribution in [0.5, 0.6) is 0 Å². The van der Waals surface area contributed by atoms with Crippen LogP contribution in [-0.2, 0) is 6.17 Å². The molecular weight excluding hydrogens is 470 g/mol. The first-order valence-corrected chi connectivity index (χ1v) is 16.1. The van der Waals surface area contributed by atoms with Crippen molar-refractivity contribution in [3.63, 3.8) is 0 Å². The van der Waals surface area contributed by atoms with Gasteiger partial charge in [0.1, 0.15) is 10.8 Å². The highest BCUT2D eigenvalue weighted by Crippen LogP contribution is 2.34. The topological polar surface area (TPSA) is 64.8 Å². The Morgan fingerprint density at radius 1 is 0.857 bits per heavy atom. The van der Waals surface area contributed by atoms with E-state index in [-0.39, 0.29) is 17.1 Å². The summed E-state index contributed by atoms with van der Waals surface area (Å²) in [6, 6.07) is 21.5. The average Bonchev–Trinajstić information content (AvgIpc) is 3.45. The van der Waals surface area contributed by atoms with Crippen molar-refractivity contribution in [2.45, 2.75) is 25.8 Å². The molecule has 0 atom stereocenters. The highest BCUT2D eigenvalue weighted by molar-refractivity contribution is 7.21. The minimum absolute atomic E-state index is 0.174. The molecule has 2 aromatic heterocycles. The van der Waals surface area contributed by atoms with Crippen molar-refractivity contribution >= 4 is 58.3 Å². The number of aromatic nitrogens is 3. The van der Waals surface area contributed by atoms with Gasteiger partial charge in [-0.3, -0.25) is 9.59 Å². The van der Waals surface area contributed by atoms with Gasteiger partial charge in [0.2, 0.25) is 0 Å². The van der Waals surface area contributed by atoms with E-state index in [0.717, 1.165) is 38.0 Å². The van der Waals surface area contributed by atoms with Gasteiger partial charge >= 0.3 is 0 Å². The number of Topliss-reactive ketones (excluding diaryl/α,β-unsaturated/α-hetero) is 2. The summed E-state index contributed by atoms with van der Waals surface area (Å²) in [5, 5.41) is 2.82. The summed E-state index contributed by atoms with van der Waals surface area (Å²) in [6.07, 6.45) is 2.46. The van der Waals surface area contributed by atoms with E-state index in [1.54, 1.807) is 6.08 Å². The van der Waals surface area contributed by atoms with Crippen LogP contribution < -0.4 is 0 Å². The predicted octanol–water partition coefficient (Wildman–Crippen LogP) is 6.65. The minimum atomic E-state index is -1.58. The molecule has 2 heterocycles. The normalized spacial score (nSPS) is 13.7. The summed E-state index contributed by atoms with van der Waals surface area (Å²) in [6.45, 7) is 6.86. The maximum Gasteiger partial charge on any atom is 0.197 e. The lowest BCUT2D eigenvalue weighted by atomic mass is 10.0. The standard InChI is InChI=1S/C28H23N3O2SSi/c1-35(2,3)16-31-23(29-28-26(31)30-27(34-28)17-9-5-4-6-10-17)15-22-24(32)20-13-18-11-7-8-12-19(18)14-21(20)25(22)33/h4-15H,16H2,1-3H3. The van der Waals surface area contributed by atoms with Crippen molar-refractivity contribution in [1.29, 1.82) is 0 Å². The first kappa shape index (κ1) is 21.8. The monoisotopic (exact) mass is 493 g/mol. The lowest BCUT2D eigenvalue weighted by molar-refractivity contribution is 0.0990. The summed E-state index contributed by atoms with van der Waals surface area (Å²) < 4.78 is 2.09. The van der Waals surface area contributed by atoms with Crippen LogP contribution in [0, 0.1) is 0 Å². The molecule has 0 saturated heterocycles. The molecule has 7 heteroatoms. The number of benzene rings is 3. The fourth-order valence-corrected chi connectivity index (χ4v) is 6.76. The van der Waals surface area contributed by atoms with Gasteiger partial charge in [-0.05, 0) is 29.0 Å². The van der Waals surface area contributed by atoms with Crippen LogP contribution in [0.15, 0.2) is 72.3 Å². The molecule has 5 aromatic rings. The summed E-state index contributed by atoms with van der Waals surface area (Å²) in [5.74, 6) is 0.147. The highest BCUT2D eigenvalue weighted by Gasteiger charge is 2.34.